The molecule has 1 unspecified atom stereocenters. The van der Waals surface area contributed by atoms with E-state index in [1.165, 1.54) is 0 Å². The lowest BCUT2D eigenvalue weighted by Gasteiger charge is -2.14. The monoisotopic (exact) mass is 373 g/mol. The summed E-state index contributed by atoms with van der Waals surface area (Å²) in [4.78, 5) is 4.51. The van der Waals surface area contributed by atoms with E-state index in [4.69, 9.17) is 9.15 Å². The Morgan fingerprint density at radius 1 is 1.15 bits per heavy atom. The van der Waals surface area contributed by atoms with Crippen molar-refractivity contribution in [3.05, 3.63) is 54.0 Å². The summed E-state index contributed by atoms with van der Waals surface area (Å²) in [6.07, 6.45) is 2.92. The van der Waals surface area contributed by atoms with Gasteiger partial charge >= 0.3 is 0 Å². The van der Waals surface area contributed by atoms with Gasteiger partial charge in [-0.1, -0.05) is 19.1 Å². The normalized spacial score (nSPS) is 12.9. The molecule has 6 heteroatoms. The third-order valence-electron chi connectivity index (χ3n) is 3.85. The molecule has 0 aliphatic carbocycles. The van der Waals surface area contributed by atoms with E-state index in [-0.39, 0.29) is 12.6 Å². The van der Waals surface area contributed by atoms with E-state index in [9.17, 15) is 5.11 Å². The number of aliphatic imine (C=N–C) groups is 1. The summed E-state index contributed by atoms with van der Waals surface area (Å²) in [7, 11) is 0. The van der Waals surface area contributed by atoms with Crippen LogP contribution in [0, 0.1) is 0 Å². The number of furan rings is 1. The van der Waals surface area contributed by atoms with Crippen LogP contribution in [0.15, 0.2) is 52.1 Å². The van der Waals surface area contributed by atoms with E-state index in [0.717, 1.165) is 36.5 Å². The van der Waals surface area contributed by atoms with Gasteiger partial charge in [0, 0.05) is 19.5 Å². The largest absolute Gasteiger partial charge is 0.491 e. The molecule has 3 N–H and O–H groups in total. The first-order valence-corrected chi connectivity index (χ1v) is 9.57. The van der Waals surface area contributed by atoms with Crippen LogP contribution in [0.4, 0.5) is 0 Å². The SMILES string of the molecule is CCCNC(=NCC(O)c1ccc(OC(C)C)cc1)NCCc1ccco1. The van der Waals surface area contributed by atoms with Crippen molar-refractivity contribution in [2.75, 3.05) is 19.6 Å². The van der Waals surface area contributed by atoms with Crippen LogP contribution in [0.2, 0.25) is 0 Å². The molecule has 0 radical (unpaired) electrons. The van der Waals surface area contributed by atoms with Crippen LogP contribution in [0.3, 0.4) is 0 Å². The summed E-state index contributed by atoms with van der Waals surface area (Å²) >= 11 is 0. The Balaban J connectivity index is 1.88. The highest BCUT2D eigenvalue weighted by Crippen LogP contribution is 2.19. The third-order valence-corrected chi connectivity index (χ3v) is 3.85. The fraction of sp³-hybridized carbons (Fsp3) is 0.476. The first-order valence-electron chi connectivity index (χ1n) is 9.57. The van der Waals surface area contributed by atoms with Crippen LogP contribution in [-0.2, 0) is 6.42 Å². The first-order chi connectivity index (χ1) is 13.1. The second-order valence-electron chi connectivity index (χ2n) is 6.62. The molecular formula is C21H31N3O3. The zero-order chi connectivity index (χ0) is 19.5. The fourth-order valence-corrected chi connectivity index (χ4v) is 2.50. The number of rotatable bonds is 10. The Kier molecular flexibility index (Phi) is 8.71. The number of aliphatic hydroxyl groups excluding tert-OH is 1. The molecule has 1 atom stereocenters. The van der Waals surface area contributed by atoms with Crippen LogP contribution in [0.1, 0.15) is 44.6 Å². The standard InChI is InChI=1S/C21H31N3O3/c1-4-12-22-21(23-13-11-18-6-5-14-26-18)24-15-20(25)17-7-9-19(10-8-17)27-16(2)3/h5-10,14,16,20,25H,4,11-13,15H2,1-3H3,(H2,22,23,24). The number of nitrogens with zero attached hydrogens (tertiary/aromatic N) is 1. The van der Waals surface area contributed by atoms with Gasteiger partial charge in [-0.25, -0.2) is 0 Å². The van der Waals surface area contributed by atoms with Crippen molar-refractivity contribution in [2.45, 2.75) is 45.8 Å². The van der Waals surface area contributed by atoms with E-state index in [0.29, 0.717) is 12.5 Å². The quantitative estimate of drug-likeness (QED) is 0.440. The van der Waals surface area contributed by atoms with Gasteiger partial charge in [-0.15, -0.1) is 0 Å². The predicted molar refractivity (Wildman–Crippen MR) is 108 cm³/mol. The van der Waals surface area contributed by atoms with Gasteiger partial charge in [-0.05, 0) is 50.1 Å². The fourth-order valence-electron chi connectivity index (χ4n) is 2.50. The molecule has 0 amide bonds. The molecule has 27 heavy (non-hydrogen) atoms. The minimum atomic E-state index is -0.664. The third kappa shape index (κ3) is 7.74. The molecule has 1 aromatic carbocycles. The topological polar surface area (TPSA) is 79.0 Å². The maximum absolute atomic E-state index is 10.4. The zero-order valence-corrected chi connectivity index (χ0v) is 16.4. The predicted octanol–water partition coefficient (Wildman–Crippen LogP) is 3.29. The highest BCUT2D eigenvalue weighted by atomic mass is 16.5. The molecule has 0 bridgehead atoms. The molecule has 148 valence electrons. The molecule has 2 aromatic rings. The van der Waals surface area contributed by atoms with Gasteiger partial charge < -0.3 is 24.9 Å². The molecular weight excluding hydrogens is 342 g/mol. The van der Waals surface area contributed by atoms with Crippen molar-refractivity contribution in [3.63, 3.8) is 0 Å². The van der Waals surface area contributed by atoms with Gasteiger partial charge in [0.2, 0.25) is 0 Å². The maximum atomic E-state index is 10.4. The molecule has 0 fully saturated rings. The number of ether oxygens (including phenoxy) is 1. The molecule has 2 rings (SSSR count). The van der Waals surface area contributed by atoms with Crippen molar-refractivity contribution in [2.24, 2.45) is 4.99 Å². The number of nitrogens with one attached hydrogen (secondary N) is 2. The summed E-state index contributed by atoms with van der Waals surface area (Å²) in [5.74, 6) is 2.43. The molecule has 1 aromatic heterocycles. The van der Waals surface area contributed by atoms with Gasteiger partial charge in [0.25, 0.3) is 0 Å². The molecule has 0 aliphatic heterocycles. The molecule has 0 spiro atoms. The van der Waals surface area contributed by atoms with Crippen molar-refractivity contribution in [1.82, 2.24) is 10.6 Å². The van der Waals surface area contributed by atoms with E-state index in [2.05, 4.69) is 22.5 Å². The van der Waals surface area contributed by atoms with E-state index in [1.54, 1.807) is 6.26 Å². The smallest absolute Gasteiger partial charge is 0.191 e. The van der Waals surface area contributed by atoms with Gasteiger partial charge in [-0.2, -0.15) is 0 Å². The van der Waals surface area contributed by atoms with Crippen molar-refractivity contribution >= 4 is 5.96 Å². The lowest BCUT2D eigenvalue weighted by molar-refractivity contribution is 0.186. The second-order valence-corrected chi connectivity index (χ2v) is 6.62. The number of guanidine groups is 1. The number of benzene rings is 1. The van der Waals surface area contributed by atoms with Crippen LogP contribution >= 0.6 is 0 Å². The van der Waals surface area contributed by atoms with E-state index >= 15 is 0 Å². The van der Waals surface area contributed by atoms with Crippen LogP contribution in [0.5, 0.6) is 5.75 Å². The van der Waals surface area contributed by atoms with Gasteiger partial charge in [0.1, 0.15) is 11.5 Å². The minimum Gasteiger partial charge on any atom is -0.491 e. The van der Waals surface area contributed by atoms with E-state index in [1.807, 2.05) is 50.2 Å². The van der Waals surface area contributed by atoms with Crippen molar-refractivity contribution in [1.29, 1.82) is 0 Å². The lowest BCUT2D eigenvalue weighted by atomic mass is 10.1. The summed E-state index contributed by atoms with van der Waals surface area (Å²) < 4.78 is 11.0. The summed E-state index contributed by atoms with van der Waals surface area (Å²) in [6.45, 7) is 7.89. The first kappa shape index (κ1) is 20.8. The zero-order valence-electron chi connectivity index (χ0n) is 16.4. The van der Waals surface area contributed by atoms with Crippen molar-refractivity contribution < 1.29 is 14.3 Å². The number of hydrogen-bond acceptors (Lipinski definition) is 4. The minimum absolute atomic E-state index is 0.129. The highest BCUT2D eigenvalue weighted by molar-refractivity contribution is 5.79. The van der Waals surface area contributed by atoms with Gasteiger partial charge in [0.05, 0.1) is 25.0 Å². The van der Waals surface area contributed by atoms with Crippen LogP contribution in [0.25, 0.3) is 0 Å². The molecule has 0 aliphatic rings. The Morgan fingerprint density at radius 3 is 2.52 bits per heavy atom. The average Bonchev–Trinajstić information content (AvgIpc) is 3.17. The number of aliphatic hydroxyl groups is 1. The highest BCUT2D eigenvalue weighted by Gasteiger charge is 2.08. The summed E-state index contributed by atoms with van der Waals surface area (Å²) in [6, 6.07) is 11.3. The Hall–Kier alpha value is -2.47. The number of hydrogen-bond donors (Lipinski definition) is 3. The van der Waals surface area contributed by atoms with Crippen LogP contribution < -0.4 is 15.4 Å². The van der Waals surface area contributed by atoms with Crippen molar-refractivity contribution in [3.8, 4) is 5.75 Å². The van der Waals surface area contributed by atoms with Gasteiger partial charge in [-0.3, -0.25) is 4.99 Å². The molecule has 0 saturated carbocycles. The Morgan fingerprint density at radius 2 is 1.89 bits per heavy atom. The molecule has 6 nitrogen and oxygen atoms in total. The second kappa shape index (κ2) is 11.3. The summed E-state index contributed by atoms with van der Waals surface area (Å²) in [5.41, 5.74) is 0.820. The molecule has 0 saturated heterocycles. The average molecular weight is 373 g/mol. The van der Waals surface area contributed by atoms with Gasteiger partial charge in [0.15, 0.2) is 5.96 Å². The molecule has 1 heterocycles. The lowest BCUT2D eigenvalue weighted by Crippen LogP contribution is -2.39. The Labute approximate surface area is 161 Å². The summed E-state index contributed by atoms with van der Waals surface area (Å²) in [5, 5.41) is 17.0. The van der Waals surface area contributed by atoms with E-state index < -0.39 is 6.10 Å². The van der Waals surface area contributed by atoms with Crippen LogP contribution in [-0.4, -0.2) is 36.8 Å². The Bertz CT molecular complexity index is 666. The maximum Gasteiger partial charge on any atom is 0.191 e.